The van der Waals surface area contributed by atoms with E-state index in [-0.39, 0.29) is 11.8 Å². The van der Waals surface area contributed by atoms with Crippen LogP contribution in [0.3, 0.4) is 0 Å². The van der Waals surface area contributed by atoms with Crippen LogP contribution in [0.1, 0.15) is 27.2 Å². The molecule has 0 fully saturated rings. The van der Waals surface area contributed by atoms with E-state index in [1.165, 1.54) is 0 Å². The van der Waals surface area contributed by atoms with E-state index >= 15 is 0 Å². The molecule has 1 amide bonds. The van der Waals surface area contributed by atoms with E-state index in [9.17, 15) is 9.59 Å². The van der Waals surface area contributed by atoms with Gasteiger partial charge >= 0.3 is 0 Å². The lowest BCUT2D eigenvalue weighted by Gasteiger charge is -2.14. The number of nitrogens with zero attached hydrogens (tertiary/aromatic N) is 1. The smallest absolute Gasteiger partial charge is 0.284 e. The summed E-state index contributed by atoms with van der Waals surface area (Å²) in [6, 6.07) is 0. The largest absolute Gasteiger partial charge is 0.363 e. The van der Waals surface area contributed by atoms with Gasteiger partial charge in [-0.1, -0.05) is 20.8 Å². The number of carbonyl (C=O) groups is 2. The molecule has 0 atom stereocenters. The Kier molecular flexibility index (Phi) is 13.6. The number of nitrogens with two attached hydrogens (primary N) is 1. The first-order chi connectivity index (χ1) is 7.24. The maximum atomic E-state index is 10.7. The van der Waals surface area contributed by atoms with Gasteiger partial charge in [-0.3, -0.25) is 9.59 Å². The van der Waals surface area contributed by atoms with Gasteiger partial charge in [0.15, 0.2) is 0 Å². The Balaban J connectivity index is -0.000000237. The molecule has 0 aliphatic rings. The molecule has 0 aliphatic carbocycles. The number of hydrogen-bond acceptors (Lipinski definition) is 6. The van der Waals surface area contributed by atoms with Gasteiger partial charge in [0.2, 0.25) is 5.78 Å². The lowest BCUT2D eigenvalue weighted by molar-refractivity contribution is -0.254. The minimum Gasteiger partial charge on any atom is -0.363 e. The third kappa shape index (κ3) is 22.7. The molecule has 0 radical (unpaired) electrons. The maximum Gasteiger partial charge on any atom is 0.284 e. The van der Waals surface area contributed by atoms with E-state index in [0.717, 1.165) is 0 Å². The Morgan fingerprint density at radius 2 is 1.75 bits per heavy atom. The molecule has 0 saturated carbocycles. The number of ketones is 1. The molecule has 4 N–H and O–H groups in total. The number of rotatable bonds is 3. The van der Waals surface area contributed by atoms with Crippen LogP contribution in [-0.4, -0.2) is 16.9 Å². The summed E-state index contributed by atoms with van der Waals surface area (Å²) >= 11 is 0. The number of Topliss-reactive ketones (excluding diaryl/α,β-unsaturated/α-hetero) is 1. The van der Waals surface area contributed by atoms with E-state index < -0.39 is 11.7 Å². The molecule has 7 heteroatoms. The zero-order chi connectivity index (χ0) is 13.8. The summed E-state index contributed by atoms with van der Waals surface area (Å²) in [4.78, 5) is 23.8. The molecule has 0 saturated heterocycles. The molecule has 0 unspecified atom stereocenters. The highest BCUT2D eigenvalue weighted by molar-refractivity contribution is 6.35. The van der Waals surface area contributed by atoms with Crippen LogP contribution in [0.4, 0.5) is 0 Å². The van der Waals surface area contributed by atoms with Crippen LogP contribution in [0.2, 0.25) is 0 Å². The zero-order valence-electron chi connectivity index (χ0n) is 9.56. The van der Waals surface area contributed by atoms with Gasteiger partial charge in [-0.15, -0.1) is 12.8 Å². The van der Waals surface area contributed by atoms with Crippen LogP contribution in [0, 0.1) is 23.8 Å². The van der Waals surface area contributed by atoms with E-state index in [2.05, 4.69) is 17.8 Å². The van der Waals surface area contributed by atoms with Crippen molar-refractivity contribution < 1.29 is 19.8 Å². The van der Waals surface area contributed by atoms with Crippen molar-refractivity contribution in [1.82, 2.24) is 0 Å². The van der Waals surface area contributed by atoms with Crippen molar-refractivity contribution in [3.63, 3.8) is 0 Å². The average Bonchev–Trinajstić information content (AvgIpc) is 2.18. The fourth-order valence-electron chi connectivity index (χ4n) is 0.569. The van der Waals surface area contributed by atoms with Gasteiger partial charge in [0, 0.05) is 6.42 Å². The third-order valence-corrected chi connectivity index (χ3v) is 1.01. The average molecular weight is 231 g/mol. The predicted octanol–water partition coefficient (Wildman–Crippen LogP) is 1.15. The summed E-state index contributed by atoms with van der Waals surface area (Å²) in [5.41, 5.74) is 10.2. The maximum absolute atomic E-state index is 10.7. The van der Waals surface area contributed by atoms with E-state index in [1.54, 1.807) is 0 Å². The van der Waals surface area contributed by atoms with Crippen molar-refractivity contribution in [3.8, 4) is 12.8 Å². The second-order valence-corrected chi connectivity index (χ2v) is 3.70. The van der Waals surface area contributed by atoms with Gasteiger partial charge in [0.1, 0.15) is 0 Å². The minimum atomic E-state index is -0.838. The molecule has 0 aromatic carbocycles. The predicted molar refractivity (Wildman–Crippen MR) is 57.0 cm³/mol. The molecule has 0 rings (SSSR count). The van der Waals surface area contributed by atoms with Crippen molar-refractivity contribution in [3.05, 3.63) is 0 Å². The lowest BCUT2D eigenvalue weighted by atomic mass is 9.90. The van der Waals surface area contributed by atoms with Gasteiger partial charge in [-0.25, -0.2) is 4.99 Å². The summed E-state index contributed by atoms with van der Waals surface area (Å²) in [5.74, 6) is -1.33. The SMILES string of the molecule is C#C.CC(C)(C)CC(=O)C(N)=O.N=NOO. The van der Waals surface area contributed by atoms with Crippen molar-refractivity contribution in [2.75, 3.05) is 0 Å². The number of nitrogens with one attached hydrogen (secondary N) is 1. The Morgan fingerprint density at radius 1 is 1.44 bits per heavy atom. The first kappa shape index (κ1) is 19.6. The molecule has 7 nitrogen and oxygen atoms in total. The van der Waals surface area contributed by atoms with E-state index in [4.69, 9.17) is 16.5 Å². The van der Waals surface area contributed by atoms with Gasteiger partial charge in [0.05, 0.1) is 5.28 Å². The van der Waals surface area contributed by atoms with Crippen molar-refractivity contribution in [2.24, 2.45) is 16.4 Å². The van der Waals surface area contributed by atoms with Gasteiger partial charge in [0.25, 0.3) is 5.91 Å². The molecule has 0 bridgehead atoms. The molecule has 0 aromatic rings. The Morgan fingerprint density at radius 3 is 1.81 bits per heavy atom. The molecule has 92 valence electrons. The molecular formula is C9H17N3O4. The number of carbonyl (C=O) groups excluding carboxylic acids is 2. The highest BCUT2D eigenvalue weighted by atomic mass is 17.2. The first-order valence-corrected chi connectivity index (χ1v) is 4.08. The Hall–Kier alpha value is -1.94. The number of terminal acetylenes is 1. The standard InChI is InChI=1S/C7H13NO2.C2H2.H2N2O2/c1-7(2,3)4-5(9)6(8)10;1-2;1-2-4-3/h4H2,1-3H3,(H2,8,10);1-2H;1,3H. The van der Waals surface area contributed by atoms with Crippen molar-refractivity contribution >= 4 is 11.7 Å². The van der Waals surface area contributed by atoms with E-state index in [0.29, 0.717) is 0 Å². The monoisotopic (exact) mass is 231 g/mol. The Labute approximate surface area is 94.4 Å². The van der Waals surface area contributed by atoms with Crippen molar-refractivity contribution in [1.29, 1.82) is 5.53 Å². The first-order valence-electron chi connectivity index (χ1n) is 4.08. The second kappa shape index (κ2) is 11.1. The van der Waals surface area contributed by atoms with Crippen LogP contribution in [0.5, 0.6) is 0 Å². The summed E-state index contributed by atoms with van der Waals surface area (Å²) < 4.78 is 0. The van der Waals surface area contributed by atoms with Crippen LogP contribution >= 0.6 is 0 Å². The van der Waals surface area contributed by atoms with Crippen LogP contribution in [-0.2, 0) is 14.6 Å². The Bertz CT molecular complexity index is 243. The lowest BCUT2D eigenvalue weighted by Crippen LogP contribution is -2.27. The quantitative estimate of drug-likeness (QED) is 0.221. The van der Waals surface area contributed by atoms with Gasteiger partial charge in [-0.05, 0) is 5.41 Å². The number of hydrogen-bond donors (Lipinski definition) is 3. The minimum absolute atomic E-state index is 0.147. The molecule has 16 heavy (non-hydrogen) atoms. The highest BCUT2D eigenvalue weighted by Gasteiger charge is 2.19. The summed E-state index contributed by atoms with van der Waals surface area (Å²) in [5, 5.41) is 9.06. The molecule has 0 aliphatic heterocycles. The molecular weight excluding hydrogens is 214 g/mol. The third-order valence-electron chi connectivity index (χ3n) is 1.01. The number of amides is 1. The summed E-state index contributed by atoms with van der Waals surface area (Å²) in [6.07, 6.45) is 8.22. The molecule has 0 aromatic heterocycles. The summed E-state index contributed by atoms with van der Waals surface area (Å²) in [6.45, 7) is 5.65. The van der Waals surface area contributed by atoms with Gasteiger partial charge < -0.3 is 5.73 Å². The molecule has 0 heterocycles. The topological polar surface area (TPSA) is 126 Å². The van der Waals surface area contributed by atoms with E-state index in [1.807, 2.05) is 26.0 Å². The van der Waals surface area contributed by atoms with Gasteiger partial charge in [-0.2, -0.15) is 10.8 Å². The van der Waals surface area contributed by atoms with Crippen LogP contribution < -0.4 is 5.73 Å². The zero-order valence-corrected chi connectivity index (χ0v) is 9.56. The van der Waals surface area contributed by atoms with Crippen molar-refractivity contribution in [2.45, 2.75) is 27.2 Å². The normalized spacial score (nSPS) is 8.38. The number of primary amides is 1. The summed E-state index contributed by atoms with van der Waals surface area (Å²) in [7, 11) is 0. The second-order valence-electron chi connectivity index (χ2n) is 3.70. The van der Waals surface area contributed by atoms with Crippen LogP contribution in [0.15, 0.2) is 5.28 Å². The molecule has 0 spiro atoms. The highest BCUT2D eigenvalue weighted by Crippen LogP contribution is 2.18. The fraction of sp³-hybridized carbons (Fsp3) is 0.556. The fourth-order valence-corrected chi connectivity index (χ4v) is 0.569. The van der Waals surface area contributed by atoms with Crippen LogP contribution in [0.25, 0.3) is 0 Å².